The van der Waals surface area contributed by atoms with Crippen LogP contribution in [0.15, 0.2) is 42.6 Å². The van der Waals surface area contributed by atoms with E-state index >= 15 is 0 Å². The number of ether oxygens (including phenoxy) is 2. The molecule has 1 atom stereocenters. The third-order valence-corrected chi connectivity index (χ3v) is 7.62. The van der Waals surface area contributed by atoms with Crippen molar-refractivity contribution in [1.82, 2.24) is 19.8 Å². The largest absolute Gasteiger partial charge is 0.497 e. The predicted molar refractivity (Wildman–Crippen MR) is 147 cm³/mol. The van der Waals surface area contributed by atoms with Crippen LogP contribution in [-0.4, -0.2) is 65.4 Å². The molecular formula is C29H28N4O6. The second kappa shape index (κ2) is 9.40. The lowest BCUT2D eigenvalue weighted by Crippen LogP contribution is -2.41. The third kappa shape index (κ3) is 3.67. The Bertz CT molecular complexity index is 1830. The molecule has 6 rings (SSSR count). The number of amides is 2. The second-order valence-electron chi connectivity index (χ2n) is 9.71. The molecule has 10 nitrogen and oxygen atoms in total. The van der Waals surface area contributed by atoms with Crippen LogP contribution in [0, 0.1) is 0 Å². The van der Waals surface area contributed by atoms with E-state index in [1.54, 1.807) is 7.11 Å². The topological polar surface area (TPSA) is 124 Å². The van der Waals surface area contributed by atoms with E-state index in [9.17, 15) is 19.5 Å². The van der Waals surface area contributed by atoms with Gasteiger partial charge in [-0.3, -0.25) is 19.7 Å². The highest BCUT2D eigenvalue weighted by atomic mass is 16.5. The van der Waals surface area contributed by atoms with Crippen molar-refractivity contribution in [3.8, 4) is 5.75 Å². The number of aliphatic hydroxyl groups excluding tert-OH is 1. The molecule has 39 heavy (non-hydrogen) atoms. The third-order valence-electron chi connectivity index (χ3n) is 7.62. The van der Waals surface area contributed by atoms with Gasteiger partial charge in [-0.2, -0.15) is 0 Å². The minimum Gasteiger partial charge on any atom is -0.497 e. The van der Waals surface area contributed by atoms with Crippen molar-refractivity contribution in [3.63, 3.8) is 0 Å². The van der Waals surface area contributed by atoms with Crippen LogP contribution in [0.4, 0.5) is 0 Å². The summed E-state index contributed by atoms with van der Waals surface area (Å²) in [5.74, 6) is -0.662. The first-order chi connectivity index (χ1) is 18.9. The molecule has 3 N–H and O–H groups in total. The zero-order valence-electron chi connectivity index (χ0n) is 21.8. The number of rotatable bonds is 8. The SMILES string of the molecule is COC(=O)[C@H](CO)NCCCn1c2cc(OC)ccc2c2c3c(c4c(ccc5ccn(C)c54)c21)C(=O)NC3=O. The Morgan fingerprint density at radius 1 is 1.03 bits per heavy atom. The number of aromatic nitrogens is 2. The standard InChI is InChI=1S/C29H28N4O6/c1-32-12-9-15-5-7-18-22(25(15)32)24-23(27(35)31-28(24)36)21-17-8-6-16(38-2)13-20(17)33(26(18)21)11-4-10-30-19(14-34)29(37)39-3/h5-9,12-13,19,30,34H,4,10-11,14H2,1-3H3,(H,31,35,36)/t19-/m0/s1. The maximum absolute atomic E-state index is 13.3. The van der Waals surface area contributed by atoms with Crippen LogP contribution >= 0.6 is 0 Å². The Morgan fingerprint density at radius 3 is 2.44 bits per heavy atom. The van der Waals surface area contributed by atoms with Crippen LogP contribution < -0.4 is 15.4 Å². The van der Waals surface area contributed by atoms with Gasteiger partial charge >= 0.3 is 5.97 Å². The molecule has 2 aromatic heterocycles. The van der Waals surface area contributed by atoms with E-state index in [2.05, 4.69) is 15.2 Å². The molecule has 0 fully saturated rings. The summed E-state index contributed by atoms with van der Waals surface area (Å²) < 4.78 is 14.4. The number of methoxy groups -OCH3 is 2. The van der Waals surface area contributed by atoms with E-state index in [4.69, 9.17) is 9.47 Å². The maximum atomic E-state index is 13.3. The first-order valence-corrected chi connectivity index (χ1v) is 12.7. The maximum Gasteiger partial charge on any atom is 0.325 e. The number of carbonyl (C=O) groups excluding carboxylic acids is 3. The van der Waals surface area contributed by atoms with Crippen LogP contribution in [-0.2, 0) is 23.1 Å². The van der Waals surface area contributed by atoms with Gasteiger partial charge in [-0.25, -0.2) is 0 Å². The molecule has 0 saturated carbocycles. The molecule has 3 aromatic carbocycles. The number of imide groups is 1. The molecule has 0 aliphatic carbocycles. The summed E-state index contributed by atoms with van der Waals surface area (Å²) in [6.07, 6.45) is 2.56. The normalized spacial score (nSPS) is 13.9. The quantitative estimate of drug-likeness (QED) is 0.161. The predicted octanol–water partition coefficient (Wildman–Crippen LogP) is 2.85. The van der Waals surface area contributed by atoms with E-state index in [1.807, 2.05) is 54.2 Å². The van der Waals surface area contributed by atoms with Gasteiger partial charge < -0.3 is 29.0 Å². The summed E-state index contributed by atoms with van der Waals surface area (Å²) >= 11 is 0. The van der Waals surface area contributed by atoms with Crippen molar-refractivity contribution in [2.45, 2.75) is 19.0 Å². The number of benzene rings is 3. The average molecular weight is 529 g/mol. The van der Waals surface area contributed by atoms with Crippen molar-refractivity contribution in [2.75, 3.05) is 27.4 Å². The number of nitrogens with zero attached hydrogens (tertiary/aromatic N) is 2. The summed E-state index contributed by atoms with van der Waals surface area (Å²) in [5, 5.41) is 19.3. The van der Waals surface area contributed by atoms with Gasteiger partial charge in [0.1, 0.15) is 11.8 Å². The summed E-state index contributed by atoms with van der Waals surface area (Å²) in [6, 6.07) is 10.9. The Morgan fingerprint density at radius 2 is 1.74 bits per heavy atom. The number of aliphatic hydroxyl groups is 1. The lowest BCUT2D eigenvalue weighted by Gasteiger charge is -2.15. The molecule has 0 unspecified atom stereocenters. The van der Waals surface area contributed by atoms with Gasteiger partial charge in [-0.1, -0.05) is 12.1 Å². The van der Waals surface area contributed by atoms with Gasteiger partial charge in [0.25, 0.3) is 11.8 Å². The molecule has 0 bridgehead atoms. The molecule has 0 saturated heterocycles. The minimum atomic E-state index is -0.808. The number of hydrogen-bond donors (Lipinski definition) is 3. The average Bonchev–Trinajstić information content (AvgIpc) is 3.58. The van der Waals surface area contributed by atoms with Gasteiger partial charge in [0.2, 0.25) is 0 Å². The van der Waals surface area contributed by atoms with E-state index in [0.29, 0.717) is 36.4 Å². The number of carbonyl (C=O) groups is 3. The van der Waals surface area contributed by atoms with E-state index in [-0.39, 0.29) is 6.61 Å². The van der Waals surface area contributed by atoms with Gasteiger partial charge in [-0.05, 0) is 31.2 Å². The molecular weight excluding hydrogens is 500 g/mol. The van der Waals surface area contributed by atoms with Gasteiger partial charge in [-0.15, -0.1) is 0 Å². The Kier molecular flexibility index (Phi) is 6.00. The first-order valence-electron chi connectivity index (χ1n) is 12.7. The number of fused-ring (bicyclic) bond motifs is 10. The Labute approximate surface area is 223 Å². The van der Waals surface area contributed by atoms with Gasteiger partial charge in [0.15, 0.2) is 0 Å². The van der Waals surface area contributed by atoms with Crippen molar-refractivity contribution in [2.24, 2.45) is 7.05 Å². The van der Waals surface area contributed by atoms with E-state index in [0.717, 1.165) is 43.5 Å². The fourth-order valence-electron chi connectivity index (χ4n) is 5.87. The van der Waals surface area contributed by atoms with Crippen LogP contribution in [0.3, 0.4) is 0 Å². The minimum absolute atomic E-state index is 0.369. The molecule has 5 aromatic rings. The van der Waals surface area contributed by atoms with Crippen LogP contribution in [0.1, 0.15) is 27.1 Å². The highest BCUT2D eigenvalue weighted by Crippen LogP contribution is 2.44. The molecule has 1 aliphatic rings. The van der Waals surface area contributed by atoms with E-state index in [1.165, 1.54) is 7.11 Å². The lowest BCUT2D eigenvalue weighted by atomic mass is 9.93. The Balaban J connectivity index is 1.62. The Hall–Kier alpha value is -4.41. The fraction of sp³-hybridized carbons (Fsp3) is 0.276. The first kappa shape index (κ1) is 24.9. The summed E-state index contributed by atoms with van der Waals surface area (Å²) in [7, 11) is 4.82. The number of aryl methyl sites for hydroxylation is 2. The van der Waals surface area contributed by atoms with Crippen molar-refractivity contribution in [1.29, 1.82) is 0 Å². The van der Waals surface area contributed by atoms with Crippen molar-refractivity contribution < 1.29 is 29.0 Å². The van der Waals surface area contributed by atoms with Crippen LogP contribution in [0.25, 0.3) is 43.5 Å². The zero-order valence-corrected chi connectivity index (χ0v) is 21.8. The second-order valence-corrected chi connectivity index (χ2v) is 9.71. The van der Waals surface area contributed by atoms with Gasteiger partial charge in [0, 0.05) is 52.8 Å². The van der Waals surface area contributed by atoms with Gasteiger partial charge in [0.05, 0.1) is 48.5 Å². The summed E-state index contributed by atoms with van der Waals surface area (Å²) in [6.45, 7) is 0.606. The zero-order chi connectivity index (χ0) is 27.4. The smallest absolute Gasteiger partial charge is 0.325 e. The highest BCUT2D eigenvalue weighted by Gasteiger charge is 2.35. The molecule has 10 heteroatoms. The van der Waals surface area contributed by atoms with Crippen molar-refractivity contribution in [3.05, 3.63) is 53.7 Å². The number of hydrogen-bond acceptors (Lipinski definition) is 7. The van der Waals surface area contributed by atoms with E-state index < -0.39 is 23.8 Å². The summed E-state index contributed by atoms with van der Waals surface area (Å²) in [4.78, 5) is 38.4. The number of esters is 1. The van der Waals surface area contributed by atoms with Crippen LogP contribution in [0.2, 0.25) is 0 Å². The van der Waals surface area contributed by atoms with Crippen LogP contribution in [0.5, 0.6) is 5.75 Å². The summed E-state index contributed by atoms with van der Waals surface area (Å²) in [5.41, 5.74) is 3.39. The van der Waals surface area contributed by atoms with Crippen molar-refractivity contribution >= 4 is 61.3 Å². The number of nitrogens with one attached hydrogen (secondary N) is 2. The molecule has 2 amide bonds. The molecule has 0 radical (unpaired) electrons. The molecule has 3 heterocycles. The molecule has 1 aliphatic heterocycles. The molecule has 200 valence electrons. The monoisotopic (exact) mass is 528 g/mol. The highest BCUT2D eigenvalue weighted by molar-refractivity contribution is 6.39. The molecule has 0 spiro atoms. The lowest BCUT2D eigenvalue weighted by molar-refractivity contribution is -0.144. The fourth-order valence-corrected chi connectivity index (χ4v) is 5.87.